The maximum atomic E-state index is 12.1. The maximum Gasteiger partial charge on any atom is 0.319 e. The van der Waals surface area contributed by atoms with E-state index in [1.165, 1.54) is 0 Å². The van der Waals surface area contributed by atoms with E-state index in [1.807, 2.05) is 36.4 Å². The predicted molar refractivity (Wildman–Crippen MR) is 138 cm³/mol. The normalized spacial score (nSPS) is 10.7. The van der Waals surface area contributed by atoms with Crippen LogP contribution in [0.3, 0.4) is 0 Å². The zero-order valence-corrected chi connectivity index (χ0v) is 20.0. The van der Waals surface area contributed by atoms with E-state index < -0.39 is 0 Å². The molecule has 4 aromatic rings. The summed E-state index contributed by atoms with van der Waals surface area (Å²) in [6.07, 6.45) is 0.786. The highest BCUT2D eigenvalue weighted by Gasteiger charge is 2.14. The summed E-state index contributed by atoms with van der Waals surface area (Å²) in [5.41, 5.74) is 4.61. The Bertz CT molecular complexity index is 1160. The summed E-state index contributed by atoms with van der Waals surface area (Å²) >= 11 is 13.6. The summed E-state index contributed by atoms with van der Waals surface area (Å²) < 4.78 is 0. The Balaban J connectivity index is 1.32. The smallest absolute Gasteiger partial charge is 0.319 e. The molecule has 5 nitrogen and oxygen atoms in total. The number of anilines is 1. The van der Waals surface area contributed by atoms with Crippen molar-refractivity contribution in [2.24, 2.45) is 0 Å². The highest BCUT2D eigenvalue weighted by atomic mass is 35.5. The van der Waals surface area contributed by atoms with Crippen LogP contribution in [-0.2, 0) is 0 Å². The van der Waals surface area contributed by atoms with Gasteiger partial charge in [0.05, 0.1) is 22.1 Å². The van der Waals surface area contributed by atoms with Gasteiger partial charge in [0.2, 0.25) is 0 Å². The van der Waals surface area contributed by atoms with E-state index in [0.717, 1.165) is 39.8 Å². The Morgan fingerprint density at radius 1 is 0.939 bits per heavy atom. The zero-order valence-electron chi connectivity index (χ0n) is 17.6. The summed E-state index contributed by atoms with van der Waals surface area (Å²) in [6, 6.07) is 25.0. The molecule has 0 aliphatic carbocycles. The van der Waals surface area contributed by atoms with Crippen molar-refractivity contribution in [2.45, 2.75) is 11.6 Å². The second kappa shape index (κ2) is 11.3. The number of hydrogen-bond donors (Lipinski definition) is 3. The van der Waals surface area contributed by atoms with Gasteiger partial charge in [-0.1, -0.05) is 95.6 Å². The van der Waals surface area contributed by atoms with Gasteiger partial charge in [-0.15, -0.1) is 0 Å². The first-order valence-corrected chi connectivity index (χ1v) is 12.2. The lowest BCUT2D eigenvalue weighted by Crippen LogP contribution is -2.29. The Labute approximate surface area is 206 Å². The van der Waals surface area contributed by atoms with Gasteiger partial charge in [-0.05, 0) is 24.6 Å². The largest absolute Gasteiger partial charge is 0.338 e. The predicted octanol–water partition coefficient (Wildman–Crippen LogP) is 7.35. The molecule has 0 fully saturated rings. The Morgan fingerprint density at radius 3 is 2.33 bits per heavy atom. The first kappa shape index (κ1) is 23.2. The van der Waals surface area contributed by atoms with Crippen LogP contribution in [0.2, 0.25) is 10.0 Å². The number of imidazole rings is 1. The van der Waals surface area contributed by atoms with Crippen molar-refractivity contribution < 1.29 is 4.79 Å². The Morgan fingerprint density at radius 2 is 1.64 bits per heavy atom. The third kappa shape index (κ3) is 6.32. The second-order valence-electron chi connectivity index (χ2n) is 7.20. The van der Waals surface area contributed by atoms with Crippen molar-refractivity contribution in [3.05, 3.63) is 88.9 Å². The molecule has 0 spiro atoms. The number of carbonyl (C=O) groups excluding carboxylic acids is 1. The molecule has 3 aromatic carbocycles. The number of halogens is 2. The van der Waals surface area contributed by atoms with Crippen molar-refractivity contribution >= 4 is 46.7 Å². The molecule has 1 heterocycles. The number of nitrogens with one attached hydrogen (secondary N) is 3. The SMILES string of the molecule is O=C(NCCCSc1nc(-c2ccccc2)c(-c2ccccc2)[nH]1)Nc1ccc(Cl)cc1Cl. The quantitative estimate of drug-likeness (QED) is 0.176. The number of hydrogen-bond acceptors (Lipinski definition) is 3. The molecule has 33 heavy (non-hydrogen) atoms. The van der Waals surface area contributed by atoms with Crippen LogP contribution < -0.4 is 10.6 Å². The van der Waals surface area contributed by atoms with Crippen LogP contribution >= 0.6 is 35.0 Å². The van der Waals surface area contributed by atoms with Crippen molar-refractivity contribution in [2.75, 3.05) is 17.6 Å². The molecule has 168 valence electrons. The fraction of sp³-hybridized carbons (Fsp3) is 0.120. The van der Waals surface area contributed by atoms with Gasteiger partial charge in [-0.2, -0.15) is 0 Å². The molecule has 0 bridgehead atoms. The van der Waals surface area contributed by atoms with Crippen molar-refractivity contribution in [3.63, 3.8) is 0 Å². The lowest BCUT2D eigenvalue weighted by molar-refractivity contribution is 0.252. The lowest BCUT2D eigenvalue weighted by Gasteiger charge is -2.09. The molecular formula is C25H22Cl2N4OS. The van der Waals surface area contributed by atoms with E-state index >= 15 is 0 Å². The standard InChI is InChI=1S/C25H22Cl2N4OS/c26-19-12-13-21(20(27)16-19)29-24(32)28-14-7-15-33-25-30-22(17-8-3-1-4-9-17)23(31-25)18-10-5-2-6-11-18/h1-6,8-13,16H,7,14-15H2,(H,30,31)(H2,28,29,32). The van der Waals surface area contributed by atoms with Crippen molar-refractivity contribution in [3.8, 4) is 22.5 Å². The third-order valence-corrected chi connectivity index (χ3v) is 6.32. The van der Waals surface area contributed by atoms with Crippen LogP contribution in [0.15, 0.2) is 84.0 Å². The fourth-order valence-electron chi connectivity index (χ4n) is 3.24. The maximum absolute atomic E-state index is 12.1. The van der Waals surface area contributed by atoms with Gasteiger partial charge in [-0.3, -0.25) is 0 Å². The Hall–Kier alpha value is -2.93. The summed E-state index contributed by atoms with van der Waals surface area (Å²) in [5, 5.41) is 7.34. The van der Waals surface area contributed by atoms with E-state index in [0.29, 0.717) is 22.3 Å². The van der Waals surface area contributed by atoms with Crippen LogP contribution in [0, 0.1) is 0 Å². The minimum absolute atomic E-state index is 0.306. The number of amides is 2. The van der Waals surface area contributed by atoms with E-state index in [9.17, 15) is 4.79 Å². The van der Waals surface area contributed by atoms with Crippen LogP contribution in [0.5, 0.6) is 0 Å². The minimum Gasteiger partial charge on any atom is -0.338 e. The van der Waals surface area contributed by atoms with Gasteiger partial charge < -0.3 is 15.6 Å². The molecule has 2 amide bonds. The number of nitrogens with zero attached hydrogens (tertiary/aromatic N) is 1. The molecule has 1 aromatic heterocycles. The van der Waals surface area contributed by atoms with Gasteiger partial charge in [-0.25, -0.2) is 9.78 Å². The first-order valence-electron chi connectivity index (χ1n) is 10.4. The number of thioether (sulfide) groups is 1. The topological polar surface area (TPSA) is 69.8 Å². The third-order valence-electron chi connectivity index (χ3n) is 4.82. The van der Waals surface area contributed by atoms with Gasteiger partial charge >= 0.3 is 6.03 Å². The zero-order chi connectivity index (χ0) is 23.0. The Kier molecular flexibility index (Phi) is 7.94. The van der Waals surface area contributed by atoms with E-state index in [4.69, 9.17) is 28.2 Å². The highest BCUT2D eigenvalue weighted by molar-refractivity contribution is 7.99. The molecule has 0 radical (unpaired) electrons. The molecule has 4 rings (SSSR count). The molecule has 0 saturated carbocycles. The van der Waals surface area contributed by atoms with Crippen LogP contribution in [0.1, 0.15) is 6.42 Å². The van der Waals surface area contributed by atoms with Crippen molar-refractivity contribution in [1.29, 1.82) is 0 Å². The molecule has 8 heteroatoms. The summed E-state index contributed by atoms with van der Waals surface area (Å²) in [4.78, 5) is 20.4. The summed E-state index contributed by atoms with van der Waals surface area (Å²) in [5.74, 6) is 0.804. The summed E-state index contributed by atoms with van der Waals surface area (Å²) in [6.45, 7) is 0.530. The van der Waals surface area contributed by atoms with E-state index in [-0.39, 0.29) is 6.03 Å². The van der Waals surface area contributed by atoms with E-state index in [1.54, 1.807) is 30.0 Å². The molecule has 0 unspecified atom stereocenters. The lowest BCUT2D eigenvalue weighted by atomic mass is 10.1. The first-order chi connectivity index (χ1) is 16.1. The van der Waals surface area contributed by atoms with Crippen molar-refractivity contribution in [1.82, 2.24) is 15.3 Å². The number of aromatic amines is 1. The highest BCUT2D eigenvalue weighted by Crippen LogP contribution is 2.32. The molecule has 0 saturated heterocycles. The fourth-order valence-corrected chi connectivity index (χ4v) is 4.51. The number of H-pyrrole nitrogens is 1. The number of carbonyl (C=O) groups is 1. The van der Waals surface area contributed by atoms with E-state index in [2.05, 4.69) is 39.9 Å². The number of rotatable bonds is 8. The molecular weight excluding hydrogens is 475 g/mol. The molecule has 0 atom stereocenters. The second-order valence-corrected chi connectivity index (χ2v) is 9.13. The molecule has 3 N–H and O–H groups in total. The van der Waals surface area contributed by atoms with Gasteiger partial charge in [0.15, 0.2) is 5.16 Å². The number of urea groups is 1. The monoisotopic (exact) mass is 496 g/mol. The average Bonchev–Trinajstić information content (AvgIpc) is 3.26. The van der Waals surface area contributed by atoms with Gasteiger partial charge in [0.25, 0.3) is 0 Å². The molecule has 0 aliphatic heterocycles. The van der Waals surface area contributed by atoms with Crippen LogP contribution in [0.25, 0.3) is 22.5 Å². The molecule has 0 aliphatic rings. The van der Waals surface area contributed by atoms with Crippen LogP contribution in [0.4, 0.5) is 10.5 Å². The van der Waals surface area contributed by atoms with Gasteiger partial charge in [0, 0.05) is 28.4 Å². The average molecular weight is 497 g/mol. The van der Waals surface area contributed by atoms with Gasteiger partial charge in [0.1, 0.15) is 0 Å². The summed E-state index contributed by atoms with van der Waals surface area (Å²) in [7, 11) is 0. The van der Waals surface area contributed by atoms with Crippen LogP contribution in [-0.4, -0.2) is 28.3 Å². The number of benzene rings is 3. The minimum atomic E-state index is -0.306. The number of aromatic nitrogens is 2.